The first-order valence-corrected chi connectivity index (χ1v) is 9.69. The molecule has 0 spiro atoms. The molecule has 22 heavy (non-hydrogen) atoms. The summed E-state index contributed by atoms with van der Waals surface area (Å²) in [5.41, 5.74) is 0.606. The minimum Gasteiger partial charge on any atom is -0.325 e. The third kappa shape index (κ3) is 5.32. The molecule has 1 aromatic rings. The van der Waals surface area contributed by atoms with Crippen LogP contribution in [0.5, 0.6) is 0 Å². The average Bonchev–Trinajstić information content (AvgIpc) is 2.38. The van der Waals surface area contributed by atoms with Crippen molar-refractivity contribution in [2.24, 2.45) is 0 Å². The van der Waals surface area contributed by atoms with Gasteiger partial charge in [0.05, 0.1) is 5.25 Å². The van der Waals surface area contributed by atoms with E-state index in [1.807, 2.05) is 12.1 Å². The highest BCUT2D eigenvalue weighted by molar-refractivity contribution is 8.00. The summed E-state index contributed by atoms with van der Waals surface area (Å²) < 4.78 is 24.1. The molecule has 0 aliphatic rings. The fourth-order valence-corrected chi connectivity index (χ4v) is 3.91. The van der Waals surface area contributed by atoms with E-state index in [9.17, 15) is 13.2 Å². The molecular formula is C16H25NO3S2. The van der Waals surface area contributed by atoms with Crippen molar-refractivity contribution in [2.75, 3.05) is 5.32 Å². The van der Waals surface area contributed by atoms with Crippen molar-refractivity contribution in [1.82, 2.24) is 0 Å². The van der Waals surface area contributed by atoms with E-state index in [2.05, 4.69) is 26.1 Å². The van der Waals surface area contributed by atoms with E-state index in [-0.39, 0.29) is 4.75 Å². The number of hydrogen-bond acceptors (Lipinski definition) is 4. The van der Waals surface area contributed by atoms with E-state index in [0.29, 0.717) is 5.69 Å². The first-order valence-electron chi connectivity index (χ1n) is 7.26. The van der Waals surface area contributed by atoms with Crippen LogP contribution < -0.4 is 5.32 Å². The van der Waals surface area contributed by atoms with E-state index in [0.717, 1.165) is 4.90 Å². The number of nitrogens with one attached hydrogen (secondary N) is 1. The number of amides is 1. The second-order valence-electron chi connectivity index (χ2n) is 6.51. The van der Waals surface area contributed by atoms with Crippen LogP contribution in [0.2, 0.25) is 0 Å². The van der Waals surface area contributed by atoms with E-state index in [1.165, 1.54) is 6.92 Å². The maximum absolute atomic E-state index is 12.1. The van der Waals surface area contributed by atoms with Gasteiger partial charge in [0.1, 0.15) is 5.25 Å². The monoisotopic (exact) mass is 343 g/mol. The highest BCUT2D eigenvalue weighted by Crippen LogP contribution is 2.32. The second-order valence-corrected chi connectivity index (χ2v) is 11.2. The third-order valence-corrected chi connectivity index (χ3v) is 6.70. The summed E-state index contributed by atoms with van der Waals surface area (Å²) in [4.78, 5) is 13.2. The summed E-state index contributed by atoms with van der Waals surface area (Å²) in [6.07, 6.45) is 0. The van der Waals surface area contributed by atoms with Gasteiger partial charge in [-0.1, -0.05) is 20.8 Å². The SMILES string of the molecule is CC(C)S(=O)(=O)[C@@H](C)C(=O)Nc1ccc(SC(C)(C)C)cc1. The van der Waals surface area contributed by atoms with Crippen LogP contribution in [0.25, 0.3) is 0 Å². The molecular weight excluding hydrogens is 318 g/mol. The van der Waals surface area contributed by atoms with E-state index in [4.69, 9.17) is 0 Å². The summed E-state index contributed by atoms with van der Waals surface area (Å²) in [5, 5.41) is 1.04. The lowest BCUT2D eigenvalue weighted by Crippen LogP contribution is -2.36. The number of sulfone groups is 1. The van der Waals surface area contributed by atoms with Gasteiger partial charge in [-0.25, -0.2) is 8.42 Å². The number of anilines is 1. The Kier molecular flexibility index (Phi) is 6.10. The Balaban J connectivity index is 2.78. The normalized spacial score (nSPS) is 14.0. The number of rotatable bonds is 5. The number of carbonyl (C=O) groups excluding carboxylic acids is 1. The smallest absolute Gasteiger partial charge is 0.242 e. The summed E-state index contributed by atoms with van der Waals surface area (Å²) in [5.74, 6) is -0.495. The van der Waals surface area contributed by atoms with Gasteiger partial charge >= 0.3 is 0 Å². The lowest BCUT2D eigenvalue weighted by molar-refractivity contribution is -0.115. The molecule has 1 N–H and O–H groups in total. The fraction of sp³-hybridized carbons (Fsp3) is 0.562. The highest BCUT2D eigenvalue weighted by atomic mass is 32.2. The molecule has 1 amide bonds. The molecule has 6 heteroatoms. The largest absolute Gasteiger partial charge is 0.325 e. The molecule has 0 aromatic heterocycles. The molecule has 1 atom stereocenters. The summed E-state index contributed by atoms with van der Waals surface area (Å²) >= 11 is 1.73. The van der Waals surface area contributed by atoms with Crippen molar-refractivity contribution in [3.05, 3.63) is 24.3 Å². The van der Waals surface area contributed by atoms with Crippen LogP contribution >= 0.6 is 11.8 Å². The van der Waals surface area contributed by atoms with Gasteiger partial charge in [0.2, 0.25) is 5.91 Å². The first kappa shape index (κ1) is 19.0. The minimum atomic E-state index is -3.44. The Hall–Kier alpha value is -1.01. The van der Waals surface area contributed by atoms with Crippen LogP contribution in [-0.4, -0.2) is 29.6 Å². The Morgan fingerprint density at radius 2 is 1.59 bits per heavy atom. The van der Waals surface area contributed by atoms with Crippen molar-refractivity contribution in [1.29, 1.82) is 0 Å². The third-order valence-electron chi connectivity index (χ3n) is 3.06. The van der Waals surface area contributed by atoms with Crippen molar-refractivity contribution in [3.8, 4) is 0 Å². The number of hydrogen-bond donors (Lipinski definition) is 1. The number of thioether (sulfide) groups is 1. The number of benzene rings is 1. The Morgan fingerprint density at radius 3 is 2.00 bits per heavy atom. The molecule has 0 bridgehead atoms. The van der Waals surface area contributed by atoms with Crippen LogP contribution in [0.15, 0.2) is 29.2 Å². The quantitative estimate of drug-likeness (QED) is 0.828. The molecule has 0 saturated carbocycles. The Labute approximate surface area is 138 Å². The lowest BCUT2D eigenvalue weighted by Gasteiger charge is -2.18. The number of carbonyl (C=O) groups is 1. The van der Waals surface area contributed by atoms with Crippen molar-refractivity contribution in [2.45, 2.75) is 61.7 Å². The molecule has 1 aromatic carbocycles. The molecule has 0 unspecified atom stereocenters. The van der Waals surface area contributed by atoms with Crippen LogP contribution in [0.3, 0.4) is 0 Å². The lowest BCUT2D eigenvalue weighted by atomic mass is 10.3. The first-order chi connectivity index (χ1) is 9.93. The molecule has 4 nitrogen and oxygen atoms in total. The molecule has 1 rings (SSSR count). The maximum atomic E-state index is 12.1. The summed E-state index contributed by atoms with van der Waals surface area (Å²) in [6, 6.07) is 7.43. The Bertz CT molecular complexity index is 614. The van der Waals surface area contributed by atoms with Crippen molar-refractivity contribution in [3.63, 3.8) is 0 Å². The molecule has 0 radical (unpaired) electrons. The molecule has 0 aliphatic carbocycles. The topological polar surface area (TPSA) is 63.2 Å². The van der Waals surface area contributed by atoms with Gasteiger partial charge in [-0.2, -0.15) is 0 Å². The van der Waals surface area contributed by atoms with E-state index >= 15 is 0 Å². The zero-order valence-corrected chi connectivity index (χ0v) is 15.6. The highest BCUT2D eigenvalue weighted by Gasteiger charge is 2.30. The van der Waals surface area contributed by atoms with Gasteiger partial charge in [0, 0.05) is 15.3 Å². The van der Waals surface area contributed by atoms with E-state index < -0.39 is 26.2 Å². The zero-order valence-electron chi connectivity index (χ0n) is 14.0. The summed E-state index contributed by atoms with van der Waals surface area (Å²) in [6.45, 7) is 11.0. The van der Waals surface area contributed by atoms with Gasteiger partial charge in [0.25, 0.3) is 0 Å². The van der Waals surface area contributed by atoms with Crippen LogP contribution in [-0.2, 0) is 14.6 Å². The average molecular weight is 344 g/mol. The summed E-state index contributed by atoms with van der Waals surface area (Å²) in [7, 11) is -3.44. The second kappa shape index (κ2) is 7.04. The molecule has 0 fully saturated rings. The van der Waals surface area contributed by atoms with Crippen LogP contribution in [0.1, 0.15) is 41.5 Å². The van der Waals surface area contributed by atoms with Gasteiger partial charge in [-0.3, -0.25) is 4.79 Å². The van der Waals surface area contributed by atoms with Gasteiger partial charge in [0.15, 0.2) is 9.84 Å². The fourth-order valence-electron chi connectivity index (χ4n) is 1.76. The van der Waals surface area contributed by atoms with E-state index in [1.54, 1.807) is 37.7 Å². The predicted molar refractivity (Wildman–Crippen MR) is 94.2 cm³/mol. The van der Waals surface area contributed by atoms with Gasteiger partial charge < -0.3 is 5.32 Å². The molecule has 0 heterocycles. The van der Waals surface area contributed by atoms with Gasteiger partial charge in [-0.05, 0) is 45.0 Å². The van der Waals surface area contributed by atoms with Crippen LogP contribution in [0.4, 0.5) is 5.69 Å². The maximum Gasteiger partial charge on any atom is 0.242 e. The predicted octanol–water partition coefficient (Wildman–Crippen LogP) is 3.73. The standard InChI is InChI=1S/C16H25NO3S2/c1-11(2)22(19,20)12(3)15(18)17-13-7-9-14(10-8-13)21-16(4,5)6/h7-12H,1-6H3,(H,17,18)/t12-/m0/s1. The van der Waals surface area contributed by atoms with Crippen molar-refractivity contribution >= 4 is 33.2 Å². The molecule has 0 aliphatic heterocycles. The van der Waals surface area contributed by atoms with Crippen molar-refractivity contribution < 1.29 is 13.2 Å². The zero-order chi connectivity index (χ0) is 17.1. The Morgan fingerprint density at radius 1 is 1.09 bits per heavy atom. The molecule has 0 saturated heterocycles. The van der Waals surface area contributed by atoms with Gasteiger partial charge in [-0.15, -0.1) is 11.8 Å². The van der Waals surface area contributed by atoms with Crippen LogP contribution in [0, 0.1) is 0 Å². The molecule has 124 valence electrons. The minimum absolute atomic E-state index is 0.116.